The zero-order valence-corrected chi connectivity index (χ0v) is 10.8. The lowest BCUT2D eigenvalue weighted by Crippen LogP contribution is -2.38. The van der Waals surface area contributed by atoms with E-state index >= 15 is 0 Å². The first-order chi connectivity index (χ1) is 8.54. The molecule has 0 fully saturated rings. The second-order valence-electron chi connectivity index (χ2n) is 4.10. The number of methoxy groups -OCH3 is 1. The molecular weight excluding hydrogens is 237 g/mol. The molecule has 0 bridgehead atoms. The highest BCUT2D eigenvalue weighted by molar-refractivity contribution is 5.77. The largest absolute Gasteiger partial charge is 0.481 e. The topological polar surface area (TPSA) is 47.6 Å². The number of benzene rings is 1. The predicted molar refractivity (Wildman–Crippen MR) is 66.1 cm³/mol. The van der Waals surface area contributed by atoms with Crippen molar-refractivity contribution >= 4 is 5.91 Å². The number of amides is 1. The van der Waals surface area contributed by atoms with Crippen molar-refractivity contribution in [3.05, 3.63) is 29.6 Å². The molecule has 1 aromatic rings. The van der Waals surface area contributed by atoms with Crippen LogP contribution in [0.15, 0.2) is 18.2 Å². The van der Waals surface area contributed by atoms with Gasteiger partial charge >= 0.3 is 0 Å². The van der Waals surface area contributed by atoms with E-state index in [1.54, 1.807) is 26.2 Å². The molecule has 1 atom stereocenters. The van der Waals surface area contributed by atoms with Crippen LogP contribution in [0.25, 0.3) is 0 Å². The molecule has 0 aliphatic heterocycles. The van der Waals surface area contributed by atoms with E-state index in [4.69, 9.17) is 9.47 Å². The molecule has 1 rings (SSSR count). The van der Waals surface area contributed by atoms with E-state index in [1.165, 1.54) is 6.07 Å². The molecule has 0 spiro atoms. The average Bonchev–Trinajstić information content (AvgIpc) is 2.31. The van der Waals surface area contributed by atoms with Crippen LogP contribution in [0.2, 0.25) is 0 Å². The summed E-state index contributed by atoms with van der Waals surface area (Å²) < 4.78 is 23.6. The van der Waals surface area contributed by atoms with Gasteiger partial charge in [-0.05, 0) is 25.5 Å². The molecule has 0 radical (unpaired) electrons. The van der Waals surface area contributed by atoms with E-state index in [0.29, 0.717) is 12.2 Å². The molecule has 0 saturated heterocycles. The Balaban J connectivity index is 2.45. The Bertz CT molecular complexity index is 409. The molecule has 1 amide bonds. The van der Waals surface area contributed by atoms with Gasteiger partial charge < -0.3 is 14.8 Å². The SMILES string of the molecule is COCC(C)NC(=O)COc1cccc(C)c1F. The molecule has 1 unspecified atom stereocenters. The molecule has 100 valence electrons. The number of hydrogen-bond donors (Lipinski definition) is 1. The van der Waals surface area contributed by atoms with Crippen molar-refractivity contribution in [3.63, 3.8) is 0 Å². The smallest absolute Gasteiger partial charge is 0.258 e. The van der Waals surface area contributed by atoms with Crippen molar-refractivity contribution in [1.29, 1.82) is 0 Å². The van der Waals surface area contributed by atoms with E-state index < -0.39 is 5.82 Å². The molecule has 0 aliphatic carbocycles. The zero-order chi connectivity index (χ0) is 13.5. The molecular formula is C13H18FNO3. The summed E-state index contributed by atoms with van der Waals surface area (Å²) in [5.41, 5.74) is 0.487. The van der Waals surface area contributed by atoms with Crippen molar-refractivity contribution in [3.8, 4) is 5.75 Å². The van der Waals surface area contributed by atoms with Crippen LogP contribution < -0.4 is 10.1 Å². The van der Waals surface area contributed by atoms with Crippen LogP contribution in [0.1, 0.15) is 12.5 Å². The Morgan fingerprint density at radius 1 is 1.50 bits per heavy atom. The second-order valence-corrected chi connectivity index (χ2v) is 4.10. The lowest BCUT2D eigenvalue weighted by molar-refractivity contribution is -0.124. The summed E-state index contributed by atoms with van der Waals surface area (Å²) in [6.07, 6.45) is 0. The van der Waals surface area contributed by atoms with Gasteiger partial charge in [0.1, 0.15) is 0 Å². The molecule has 0 saturated carbocycles. The van der Waals surface area contributed by atoms with E-state index in [9.17, 15) is 9.18 Å². The van der Waals surface area contributed by atoms with Gasteiger partial charge in [0, 0.05) is 13.2 Å². The number of hydrogen-bond acceptors (Lipinski definition) is 3. The summed E-state index contributed by atoms with van der Waals surface area (Å²) >= 11 is 0. The molecule has 1 N–H and O–H groups in total. The third-order valence-electron chi connectivity index (χ3n) is 2.34. The Morgan fingerprint density at radius 3 is 2.89 bits per heavy atom. The van der Waals surface area contributed by atoms with E-state index in [0.717, 1.165) is 0 Å². The predicted octanol–water partition coefficient (Wildman–Crippen LogP) is 1.66. The Kier molecular flexibility index (Phi) is 5.58. The number of carbonyl (C=O) groups is 1. The van der Waals surface area contributed by atoms with Gasteiger partial charge in [0.05, 0.1) is 6.61 Å². The highest BCUT2D eigenvalue weighted by Gasteiger charge is 2.10. The van der Waals surface area contributed by atoms with Gasteiger partial charge in [0.2, 0.25) is 0 Å². The summed E-state index contributed by atoms with van der Waals surface area (Å²) in [5, 5.41) is 2.67. The van der Waals surface area contributed by atoms with Crippen molar-refractivity contribution in [2.24, 2.45) is 0 Å². The number of halogens is 1. The van der Waals surface area contributed by atoms with Crippen LogP contribution in [0.3, 0.4) is 0 Å². The van der Waals surface area contributed by atoms with Gasteiger partial charge in [-0.15, -0.1) is 0 Å². The summed E-state index contributed by atoms with van der Waals surface area (Å²) in [6.45, 7) is 3.66. The maximum Gasteiger partial charge on any atom is 0.258 e. The van der Waals surface area contributed by atoms with Crippen LogP contribution in [-0.2, 0) is 9.53 Å². The first-order valence-electron chi connectivity index (χ1n) is 5.70. The standard InChI is InChI=1S/C13H18FNO3/c1-9-5-4-6-11(13(9)14)18-8-12(16)15-10(2)7-17-3/h4-6,10H,7-8H2,1-3H3,(H,15,16). The van der Waals surface area contributed by atoms with Crippen molar-refractivity contribution in [2.45, 2.75) is 19.9 Å². The first-order valence-corrected chi connectivity index (χ1v) is 5.70. The number of carbonyl (C=O) groups excluding carboxylic acids is 1. The van der Waals surface area contributed by atoms with E-state index in [1.807, 2.05) is 6.92 Å². The molecule has 4 nitrogen and oxygen atoms in total. The van der Waals surface area contributed by atoms with Crippen LogP contribution in [-0.4, -0.2) is 32.3 Å². The highest BCUT2D eigenvalue weighted by Crippen LogP contribution is 2.19. The number of rotatable bonds is 6. The fourth-order valence-corrected chi connectivity index (χ4v) is 1.48. The van der Waals surface area contributed by atoms with Crippen LogP contribution in [0.4, 0.5) is 4.39 Å². The van der Waals surface area contributed by atoms with Crippen LogP contribution in [0.5, 0.6) is 5.75 Å². The molecule has 0 aliphatic rings. The molecule has 1 aromatic carbocycles. The maximum absolute atomic E-state index is 13.6. The van der Waals surface area contributed by atoms with Gasteiger partial charge in [0.25, 0.3) is 5.91 Å². The summed E-state index contributed by atoms with van der Waals surface area (Å²) in [7, 11) is 1.56. The fourth-order valence-electron chi connectivity index (χ4n) is 1.48. The minimum Gasteiger partial charge on any atom is -0.481 e. The summed E-state index contributed by atoms with van der Waals surface area (Å²) in [4.78, 5) is 11.5. The lowest BCUT2D eigenvalue weighted by Gasteiger charge is -2.13. The van der Waals surface area contributed by atoms with Crippen LogP contribution in [0, 0.1) is 12.7 Å². The number of nitrogens with one attached hydrogen (secondary N) is 1. The maximum atomic E-state index is 13.6. The normalized spacial score (nSPS) is 12.0. The highest BCUT2D eigenvalue weighted by atomic mass is 19.1. The minimum absolute atomic E-state index is 0.0875. The number of aryl methyl sites for hydroxylation is 1. The van der Waals surface area contributed by atoms with Gasteiger partial charge in [-0.1, -0.05) is 12.1 Å². The van der Waals surface area contributed by atoms with Crippen molar-refractivity contribution < 1.29 is 18.7 Å². The van der Waals surface area contributed by atoms with Gasteiger partial charge in [-0.3, -0.25) is 4.79 Å². The van der Waals surface area contributed by atoms with Gasteiger partial charge in [-0.25, -0.2) is 4.39 Å². The Morgan fingerprint density at radius 2 is 2.22 bits per heavy atom. The minimum atomic E-state index is -0.435. The van der Waals surface area contributed by atoms with Gasteiger partial charge in [0.15, 0.2) is 18.2 Å². The zero-order valence-electron chi connectivity index (χ0n) is 10.8. The van der Waals surface area contributed by atoms with Gasteiger partial charge in [-0.2, -0.15) is 0 Å². The summed E-state index contributed by atoms with van der Waals surface area (Å²) in [5.74, 6) is -0.653. The first kappa shape index (κ1) is 14.4. The Labute approximate surface area is 106 Å². The monoisotopic (exact) mass is 255 g/mol. The summed E-state index contributed by atoms with van der Waals surface area (Å²) in [6, 6.07) is 4.71. The molecule has 18 heavy (non-hydrogen) atoms. The third kappa shape index (κ3) is 4.33. The quantitative estimate of drug-likeness (QED) is 0.841. The number of ether oxygens (including phenoxy) is 2. The van der Waals surface area contributed by atoms with Crippen molar-refractivity contribution in [1.82, 2.24) is 5.32 Å². The molecule has 0 heterocycles. The lowest BCUT2D eigenvalue weighted by atomic mass is 10.2. The van der Waals surface area contributed by atoms with E-state index in [-0.39, 0.29) is 24.3 Å². The van der Waals surface area contributed by atoms with E-state index in [2.05, 4.69) is 5.32 Å². The average molecular weight is 255 g/mol. The Hall–Kier alpha value is -1.62. The fraction of sp³-hybridized carbons (Fsp3) is 0.462. The molecule has 0 aromatic heterocycles. The van der Waals surface area contributed by atoms with Crippen molar-refractivity contribution in [2.75, 3.05) is 20.3 Å². The van der Waals surface area contributed by atoms with Crippen LogP contribution >= 0.6 is 0 Å². The third-order valence-corrected chi connectivity index (χ3v) is 2.34. The molecule has 5 heteroatoms. The second kappa shape index (κ2) is 6.96.